The van der Waals surface area contributed by atoms with Crippen LogP contribution >= 0.6 is 0 Å². The minimum Gasteiger partial charge on any atom is -0.352 e. The molecule has 0 bridgehead atoms. The number of nitrogens with zero attached hydrogens (tertiary/aromatic N) is 1. The number of hydrogen-bond acceptors (Lipinski definition) is 3. The zero-order chi connectivity index (χ0) is 13.0. The van der Waals surface area contributed by atoms with E-state index in [1.54, 1.807) is 0 Å². The summed E-state index contributed by atoms with van der Waals surface area (Å²) in [5.74, 6) is 0.189. The molecule has 104 valence electrons. The lowest BCUT2D eigenvalue weighted by Crippen LogP contribution is -2.52. The third-order valence-electron chi connectivity index (χ3n) is 4.34. The number of rotatable bonds is 4. The van der Waals surface area contributed by atoms with Crippen molar-refractivity contribution in [2.75, 3.05) is 13.1 Å². The van der Waals surface area contributed by atoms with Crippen LogP contribution in [0.25, 0.3) is 0 Å². The van der Waals surface area contributed by atoms with Crippen LogP contribution < -0.4 is 11.1 Å². The highest BCUT2D eigenvalue weighted by Gasteiger charge is 2.27. The summed E-state index contributed by atoms with van der Waals surface area (Å²) in [5, 5.41) is 3.16. The molecule has 0 aromatic heterocycles. The van der Waals surface area contributed by atoms with Gasteiger partial charge in [-0.1, -0.05) is 19.3 Å². The zero-order valence-electron chi connectivity index (χ0n) is 11.5. The summed E-state index contributed by atoms with van der Waals surface area (Å²) in [4.78, 5) is 14.3. The molecule has 2 aliphatic rings. The van der Waals surface area contributed by atoms with Crippen LogP contribution in [0.15, 0.2) is 0 Å². The fourth-order valence-corrected chi connectivity index (χ4v) is 3.34. The minimum atomic E-state index is 0.157. The van der Waals surface area contributed by atoms with E-state index in [1.165, 1.54) is 25.7 Å². The molecule has 1 saturated carbocycles. The Kier molecular flexibility index (Phi) is 5.01. The molecule has 4 nitrogen and oxygen atoms in total. The molecule has 2 unspecified atom stereocenters. The Balaban J connectivity index is 1.80. The van der Waals surface area contributed by atoms with Crippen molar-refractivity contribution in [2.24, 2.45) is 5.73 Å². The van der Waals surface area contributed by atoms with Crippen molar-refractivity contribution in [1.29, 1.82) is 0 Å². The van der Waals surface area contributed by atoms with Crippen molar-refractivity contribution >= 4 is 5.91 Å². The van der Waals surface area contributed by atoms with Crippen molar-refractivity contribution in [1.82, 2.24) is 10.2 Å². The van der Waals surface area contributed by atoms with Crippen LogP contribution in [0.4, 0.5) is 0 Å². The first kappa shape index (κ1) is 13.8. The molecule has 1 saturated heterocycles. The largest absolute Gasteiger partial charge is 0.352 e. The van der Waals surface area contributed by atoms with Gasteiger partial charge in [0.15, 0.2) is 0 Å². The summed E-state index contributed by atoms with van der Waals surface area (Å²) in [7, 11) is 0. The van der Waals surface area contributed by atoms with Crippen LogP contribution in [0.2, 0.25) is 0 Å². The van der Waals surface area contributed by atoms with Gasteiger partial charge >= 0.3 is 0 Å². The van der Waals surface area contributed by atoms with Gasteiger partial charge in [0, 0.05) is 18.1 Å². The number of piperidine rings is 1. The fraction of sp³-hybridized carbons (Fsp3) is 0.929. The number of hydrogen-bond donors (Lipinski definition) is 2. The molecule has 0 aromatic carbocycles. The normalized spacial score (nSPS) is 28.2. The van der Waals surface area contributed by atoms with E-state index in [0.29, 0.717) is 18.6 Å². The first-order chi connectivity index (χ1) is 8.66. The monoisotopic (exact) mass is 253 g/mol. The maximum absolute atomic E-state index is 12.0. The first-order valence-electron chi connectivity index (χ1n) is 7.46. The van der Waals surface area contributed by atoms with Crippen LogP contribution in [0.5, 0.6) is 0 Å². The molecule has 1 aliphatic heterocycles. The lowest BCUT2D eigenvalue weighted by atomic mass is 9.97. The predicted octanol–water partition coefficient (Wildman–Crippen LogP) is 1.25. The average molecular weight is 253 g/mol. The van der Waals surface area contributed by atoms with Gasteiger partial charge in [0.1, 0.15) is 0 Å². The number of amides is 1. The van der Waals surface area contributed by atoms with Crippen LogP contribution in [0, 0.1) is 0 Å². The summed E-state index contributed by atoms with van der Waals surface area (Å²) in [6, 6.07) is 0.966. The SMILES string of the molecule is CC(N)C1CCCCN1CC(=O)NC1CCCC1. The lowest BCUT2D eigenvalue weighted by Gasteiger charge is -2.37. The van der Waals surface area contributed by atoms with Gasteiger partial charge in [-0.05, 0) is 39.2 Å². The third-order valence-corrected chi connectivity index (χ3v) is 4.34. The Morgan fingerprint density at radius 3 is 2.61 bits per heavy atom. The van der Waals surface area contributed by atoms with E-state index in [4.69, 9.17) is 5.73 Å². The second-order valence-corrected chi connectivity index (χ2v) is 5.94. The van der Waals surface area contributed by atoms with E-state index in [0.717, 1.165) is 25.8 Å². The van der Waals surface area contributed by atoms with E-state index in [-0.39, 0.29) is 11.9 Å². The standard InChI is InChI=1S/C14H27N3O/c1-11(15)13-8-4-5-9-17(13)10-14(18)16-12-6-2-3-7-12/h11-13H,2-10,15H2,1H3,(H,16,18). The summed E-state index contributed by atoms with van der Waals surface area (Å²) in [6.07, 6.45) is 8.40. The van der Waals surface area contributed by atoms with Gasteiger partial charge in [0.05, 0.1) is 6.54 Å². The third kappa shape index (κ3) is 3.69. The molecular formula is C14H27N3O. The van der Waals surface area contributed by atoms with Crippen molar-refractivity contribution in [3.63, 3.8) is 0 Å². The molecular weight excluding hydrogens is 226 g/mol. The van der Waals surface area contributed by atoms with Crippen LogP contribution in [-0.2, 0) is 4.79 Å². The molecule has 2 rings (SSSR count). The summed E-state index contributed by atoms with van der Waals surface area (Å²) in [5.41, 5.74) is 6.02. The van der Waals surface area contributed by atoms with E-state index in [9.17, 15) is 4.79 Å². The molecule has 18 heavy (non-hydrogen) atoms. The molecule has 0 spiro atoms. The highest BCUT2D eigenvalue weighted by atomic mass is 16.2. The topological polar surface area (TPSA) is 58.4 Å². The molecule has 0 radical (unpaired) electrons. The maximum atomic E-state index is 12.0. The van der Waals surface area contributed by atoms with Crippen molar-refractivity contribution in [3.05, 3.63) is 0 Å². The molecule has 3 N–H and O–H groups in total. The van der Waals surface area contributed by atoms with Gasteiger partial charge in [-0.15, -0.1) is 0 Å². The first-order valence-corrected chi connectivity index (χ1v) is 7.46. The lowest BCUT2D eigenvalue weighted by molar-refractivity contribution is -0.123. The number of nitrogens with two attached hydrogens (primary N) is 1. The molecule has 2 atom stereocenters. The Morgan fingerprint density at radius 1 is 1.28 bits per heavy atom. The van der Waals surface area contributed by atoms with Crippen LogP contribution in [-0.4, -0.2) is 42.0 Å². The van der Waals surface area contributed by atoms with Gasteiger partial charge in [-0.2, -0.15) is 0 Å². The maximum Gasteiger partial charge on any atom is 0.234 e. The van der Waals surface area contributed by atoms with Gasteiger partial charge < -0.3 is 11.1 Å². The Morgan fingerprint density at radius 2 is 1.94 bits per heavy atom. The van der Waals surface area contributed by atoms with Gasteiger partial charge in [0.2, 0.25) is 5.91 Å². The summed E-state index contributed by atoms with van der Waals surface area (Å²) >= 11 is 0. The summed E-state index contributed by atoms with van der Waals surface area (Å²) < 4.78 is 0. The quantitative estimate of drug-likeness (QED) is 0.792. The van der Waals surface area contributed by atoms with E-state index < -0.39 is 0 Å². The molecule has 2 fully saturated rings. The number of likely N-dealkylation sites (tertiary alicyclic amines) is 1. The molecule has 0 aromatic rings. The molecule has 1 amide bonds. The fourth-order valence-electron chi connectivity index (χ4n) is 3.34. The summed E-state index contributed by atoms with van der Waals surface area (Å²) in [6.45, 7) is 3.60. The minimum absolute atomic E-state index is 0.157. The molecule has 1 aliphatic carbocycles. The molecule has 4 heteroatoms. The Hall–Kier alpha value is -0.610. The molecule has 1 heterocycles. The average Bonchev–Trinajstić information content (AvgIpc) is 2.82. The zero-order valence-corrected chi connectivity index (χ0v) is 11.5. The smallest absolute Gasteiger partial charge is 0.234 e. The van der Waals surface area contributed by atoms with E-state index in [1.807, 2.05) is 0 Å². The Labute approximate surface area is 110 Å². The number of carbonyl (C=O) groups is 1. The van der Waals surface area contributed by atoms with Crippen molar-refractivity contribution in [3.8, 4) is 0 Å². The van der Waals surface area contributed by atoms with Gasteiger partial charge in [-0.25, -0.2) is 0 Å². The van der Waals surface area contributed by atoms with Gasteiger partial charge in [0.25, 0.3) is 0 Å². The number of nitrogens with one attached hydrogen (secondary N) is 1. The Bertz CT molecular complexity index is 274. The van der Waals surface area contributed by atoms with E-state index in [2.05, 4.69) is 17.1 Å². The van der Waals surface area contributed by atoms with Crippen LogP contribution in [0.3, 0.4) is 0 Å². The highest BCUT2D eigenvalue weighted by molar-refractivity contribution is 5.78. The van der Waals surface area contributed by atoms with Gasteiger partial charge in [-0.3, -0.25) is 9.69 Å². The van der Waals surface area contributed by atoms with Crippen molar-refractivity contribution < 1.29 is 4.79 Å². The van der Waals surface area contributed by atoms with Crippen molar-refractivity contribution in [2.45, 2.75) is 70.0 Å². The second-order valence-electron chi connectivity index (χ2n) is 5.94. The number of carbonyl (C=O) groups excluding carboxylic acids is 1. The van der Waals surface area contributed by atoms with Crippen LogP contribution in [0.1, 0.15) is 51.9 Å². The highest BCUT2D eigenvalue weighted by Crippen LogP contribution is 2.20. The second kappa shape index (κ2) is 6.53. The van der Waals surface area contributed by atoms with E-state index >= 15 is 0 Å². The predicted molar refractivity (Wildman–Crippen MR) is 73.3 cm³/mol.